The van der Waals surface area contributed by atoms with Crippen molar-refractivity contribution in [2.45, 2.75) is 9.96 Å². The topological polar surface area (TPSA) is 52.0 Å². The van der Waals surface area contributed by atoms with Crippen molar-refractivity contribution in [2.75, 3.05) is 5.73 Å². The average molecular weight is 262 g/mol. The highest BCUT2D eigenvalue weighted by Crippen LogP contribution is 2.28. The predicted octanol–water partition coefficient (Wildman–Crippen LogP) is 3.76. The standard InChI is InChI=1S/C12H10N2OS2/c13-8-3-4-9-10(6-8)15-11(14-9)7-17-12-2-1-5-16-12/h1-6H,7,13H2. The number of nitrogens with zero attached hydrogens (tertiary/aromatic N) is 1. The van der Waals surface area contributed by atoms with Gasteiger partial charge in [-0.3, -0.25) is 0 Å². The largest absolute Gasteiger partial charge is 0.440 e. The molecule has 2 N–H and O–H groups in total. The Morgan fingerprint density at radius 3 is 3.12 bits per heavy atom. The van der Waals surface area contributed by atoms with Crippen LogP contribution in [-0.2, 0) is 5.75 Å². The molecule has 1 aromatic carbocycles. The van der Waals surface area contributed by atoms with Crippen LogP contribution in [0.15, 0.2) is 44.3 Å². The lowest BCUT2D eigenvalue weighted by Crippen LogP contribution is -1.81. The van der Waals surface area contributed by atoms with Crippen LogP contribution >= 0.6 is 23.1 Å². The van der Waals surface area contributed by atoms with Crippen LogP contribution in [0.4, 0.5) is 5.69 Å². The summed E-state index contributed by atoms with van der Waals surface area (Å²) < 4.78 is 6.91. The fourth-order valence-electron chi connectivity index (χ4n) is 1.53. The first-order chi connectivity index (χ1) is 8.31. The number of anilines is 1. The van der Waals surface area contributed by atoms with E-state index in [0.717, 1.165) is 22.7 Å². The van der Waals surface area contributed by atoms with Crippen LogP contribution in [0, 0.1) is 0 Å². The van der Waals surface area contributed by atoms with Crippen molar-refractivity contribution in [1.29, 1.82) is 0 Å². The normalized spacial score (nSPS) is 11.1. The highest BCUT2D eigenvalue weighted by Gasteiger charge is 2.06. The summed E-state index contributed by atoms with van der Waals surface area (Å²) in [6.45, 7) is 0. The first kappa shape index (κ1) is 10.7. The maximum Gasteiger partial charge on any atom is 0.205 e. The molecule has 86 valence electrons. The summed E-state index contributed by atoms with van der Waals surface area (Å²) in [5.74, 6) is 1.48. The molecule has 0 aliphatic rings. The Morgan fingerprint density at radius 1 is 1.35 bits per heavy atom. The summed E-state index contributed by atoms with van der Waals surface area (Å²) in [5.41, 5.74) is 8.01. The molecule has 3 rings (SSSR count). The molecule has 0 bridgehead atoms. The molecule has 3 aromatic rings. The molecule has 0 unspecified atom stereocenters. The lowest BCUT2D eigenvalue weighted by atomic mass is 10.3. The number of aromatic nitrogens is 1. The quantitative estimate of drug-likeness (QED) is 0.576. The van der Waals surface area contributed by atoms with Gasteiger partial charge in [0.05, 0.1) is 9.96 Å². The van der Waals surface area contributed by atoms with Crippen LogP contribution in [0.5, 0.6) is 0 Å². The summed E-state index contributed by atoms with van der Waals surface area (Å²) in [5, 5.41) is 2.06. The van der Waals surface area contributed by atoms with Crippen LogP contribution in [0.2, 0.25) is 0 Å². The molecular weight excluding hydrogens is 252 g/mol. The smallest absolute Gasteiger partial charge is 0.205 e. The molecule has 0 amide bonds. The summed E-state index contributed by atoms with van der Waals surface area (Å²) in [4.78, 5) is 4.41. The third kappa shape index (κ3) is 2.30. The SMILES string of the molecule is Nc1ccc2nc(CSc3cccs3)oc2c1. The molecule has 0 saturated carbocycles. The molecule has 17 heavy (non-hydrogen) atoms. The monoisotopic (exact) mass is 262 g/mol. The van der Waals surface area contributed by atoms with Gasteiger partial charge in [0.25, 0.3) is 0 Å². The van der Waals surface area contributed by atoms with Crippen LogP contribution in [0.1, 0.15) is 5.89 Å². The fourth-order valence-corrected chi connectivity index (χ4v) is 3.16. The molecule has 0 spiro atoms. The van der Waals surface area contributed by atoms with E-state index in [9.17, 15) is 0 Å². The fraction of sp³-hybridized carbons (Fsp3) is 0.0833. The molecule has 0 radical (unpaired) electrons. The van der Waals surface area contributed by atoms with Gasteiger partial charge >= 0.3 is 0 Å². The Bertz CT molecular complexity index is 631. The van der Waals surface area contributed by atoms with Gasteiger partial charge in [-0.05, 0) is 23.6 Å². The van der Waals surface area contributed by atoms with Crippen LogP contribution < -0.4 is 5.73 Å². The zero-order valence-corrected chi connectivity index (χ0v) is 10.6. The summed E-state index contributed by atoms with van der Waals surface area (Å²) >= 11 is 3.46. The number of hydrogen-bond donors (Lipinski definition) is 1. The van der Waals surface area contributed by atoms with E-state index in [4.69, 9.17) is 10.2 Å². The Morgan fingerprint density at radius 2 is 2.29 bits per heavy atom. The van der Waals surface area contributed by atoms with Gasteiger partial charge in [-0.25, -0.2) is 4.98 Å². The van der Waals surface area contributed by atoms with Gasteiger partial charge < -0.3 is 10.2 Å². The minimum absolute atomic E-state index is 0.700. The van der Waals surface area contributed by atoms with E-state index in [1.54, 1.807) is 23.1 Å². The van der Waals surface area contributed by atoms with E-state index in [0.29, 0.717) is 5.69 Å². The molecule has 0 aliphatic carbocycles. The number of oxazole rings is 1. The number of benzene rings is 1. The second kappa shape index (κ2) is 4.43. The van der Waals surface area contributed by atoms with Gasteiger partial charge in [0, 0.05) is 11.8 Å². The van der Waals surface area contributed by atoms with E-state index < -0.39 is 0 Å². The summed E-state index contributed by atoms with van der Waals surface area (Å²) in [7, 11) is 0. The lowest BCUT2D eigenvalue weighted by molar-refractivity contribution is 0.556. The van der Waals surface area contributed by atoms with E-state index in [-0.39, 0.29) is 0 Å². The predicted molar refractivity (Wildman–Crippen MR) is 72.3 cm³/mol. The first-order valence-electron chi connectivity index (χ1n) is 5.12. The molecule has 0 fully saturated rings. The molecule has 0 saturated heterocycles. The van der Waals surface area contributed by atoms with E-state index >= 15 is 0 Å². The van der Waals surface area contributed by atoms with Crippen molar-refractivity contribution in [3.8, 4) is 0 Å². The van der Waals surface area contributed by atoms with Crippen molar-refractivity contribution >= 4 is 39.9 Å². The highest BCUT2D eigenvalue weighted by atomic mass is 32.2. The molecule has 5 heteroatoms. The number of rotatable bonds is 3. The van der Waals surface area contributed by atoms with Gasteiger partial charge in [0.15, 0.2) is 5.58 Å². The van der Waals surface area contributed by atoms with Crippen molar-refractivity contribution in [3.05, 3.63) is 41.6 Å². The molecule has 2 heterocycles. The first-order valence-corrected chi connectivity index (χ1v) is 6.99. The van der Waals surface area contributed by atoms with Crippen molar-refractivity contribution in [1.82, 2.24) is 4.98 Å². The Kier molecular flexibility index (Phi) is 2.78. The van der Waals surface area contributed by atoms with Crippen LogP contribution in [-0.4, -0.2) is 4.98 Å². The number of nitrogen functional groups attached to an aromatic ring is 1. The highest BCUT2D eigenvalue weighted by molar-refractivity contribution is 8.00. The molecular formula is C12H10N2OS2. The van der Waals surface area contributed by atoms with Gasteiger partial charge in [-0.15, -0.1) is 23.1 Å². The second-order valence-electron chi connectivity index (χ2n) is 3.56. The molecule has 0 atom stereocenters. The van der Waals surface area contributed by atoms with E-state index in [2.05, 4.69) is 16.4 Å². The summed E-state index contributed by atoms with van der Waals surface area (Å²) in [6, 6.07) is 9.66. The number of hydrogen-bond acceptors (Lipinski definition) is 5. The zero-order valence-electron chi connectivity index (χ0n) is 8.92. The van der Waals surface area contributed by atoms with Crippen molar-refractivity contribution < 1.29 is 4.42 Å². The van der Waals surface area contributed by atoms with Crippen molar-refractivity contribution in [3.63, 3.8) is 0 Å². The zero-order chi connectivity index (χ0) is 11.7. The van der Waals surface area contributed by atoms with Crippen LogP contribution in [0.3, 0.4) is 0 Å². The van der Waals surface area contributed by atoms with Gasteiger partial charge in [-0.1, -0.05) is 6.07 Å². The Balaban J connectivity index is 1.81. The molecule has 3 nitrogen and oxygen atoms in total. The third-order valence-electron chi connectivity index (χ3n) is 2.29. The average Bonchev–Trinajstić information content (AvgIpc) is 2.94. The Labute approximate surface area is 107 Å². The van der Waals surface area contributed by atoms with Gasteiger partial charge in [0.2, 0.25) is 5.89 Å². The number of thiophene rings is 1. The number of fused-ring (bicyclic) bond motifs is 1. The van der Waals surface area contributed by atoms with Crippen molar-refractivity contribution in [2.24, 2.45) is 0 Å². The second-order valence-corrected chi connectivity index (χ2v) is 5.78. The molecule has 0 aliphatic heterocycles. The van der Waals surface area contributed by atoms with Gasteiger partial charge in [0.1, 0.15) is 5.52 Å². The Hall–Kier alpha value is -1.46. The number of nitrogens with two attached hydrogens (primary N) is 1. The maximum absolute atomic E-state index is 5.69. The lowest BCUT2D eigenvalue weighted by Gasteiger charge is -1.92. The van der Waals surface area contributed by atoms with Gasteiger partial charge in [-0.2, -0.15) is 0 Å². The summed E-state index contributed by atoms with van der Waals surface area (Å²) in [6.07, 6.45) is 0. The van der Waals surface area contributed by atoms with E-state index in [1.807, 2.05) is 24.3 Å². The third-order valence-corrected chi connectivity index (χ3v) is 4.41. The van der Waals surface area contributed by atoms with E-state index in [1.165, 1.54) is 4.21 Å². The minimum Gasteiger partial charge on any atom is -0.440 e. The number of thioether (sulfide) groups is 1. The minimum atomic E-state index is 0.700. The molecule has 2 aromatic heterocycles. The maximum atomic E-state index is 5.69. The van der Waals surface area contributed by atoms with Crippen LogP contribution in [0.25, 0.3) is 11.1 Å².